The molecule has 0 radical (unpaired) electrons. The smallest absolute Gasteiger partial charge is 0.301 e. The maximum absolute atomic E-state index is 12.4. The molecule has 112 valence electrons. The second-order valence-corrected chi connectivity index (χ2v) is 7.46. The predicted molar refractivity (Wildman–Crippen MR) is 83.1 cm³/mol. The van der Waals surface area contributed by atoms with Crippen molar-refractivity contribution < 1.29 is 8.42 Å². The van der Waals surface area contributed by atoms with E-state index in [2.05, 4.69) is 11.6 Å². The molecular weight excluding hydrogens is 298 g/mol. The van der Waals surface area contributed by atoms with Crippen molar-refractivity contribution in [1.29, 1.82) is 0 Å². The van der Waals surface area contributed by atoms with E-state index in [4.69, 9.17) is 17.3 Å². The van der Waals surface area contributed by atoms with Crippen LogP contribution in [0.25, 0.3) is 0 Å². The van der Waals surface area contributed by atoms with Gasteiger partial charge in [0.1, 0.15) is 0 Å². The molecule has 0 bridgehead atoms. The van der Waals surface area contributed by atoms with E-state index >= 15 is 0 Å². The molecule has 1 aliphatic heterocycles. The molecule has 1 aromatic carbocycles. The Hall–Kier alpha value is -0.980. The lowest BCUT2D eigenvalue weighted by Gasteiger charge is -2.29. The summed E-state index contributed by atoms with van der Waals surface area (Å²) in [5.74, 6) is 0.578. The zero-order chi connectivity index (χ0) is 14.9. The topological polar surface area (TPSA) is 75.4 Å². The first-order valence-corrected chi connectivity index (χ1v) is 8.45. The van der Waals surface area contributed by atoms with Crippen LogP contribution in [0.1, 0.15) is 25.3 Å². The number of aryl methyl sites for hydroxylation is 1. The molecule has 0 spiro atoms. The maximum Gasteiger partial charge on any atom is 0.301 e. The SMILES string of the molecule is Cc1cc(N)c(Cl)cc1NS(=O)(=O)N1CCC(C)CC1. The number of piperidine rings is 1. The van der Waals surface area contributed by atoms with Gasteiger partial charge in [-0.3, -0.25) is 4.72 Å². The molecule has 20 heavy (non-hydrogen) atoms. The third-order valence-corrected chi connectivity index (χ3v) is 5.52. The molecule has 3 N–H and O–H groups in total. The lowest BCUT2D eigenvalue weighted by molar-refractivity contribution is 0.289. The summed E-state index contributed by atoms with van der Waals surface area (Å²) in [4.78, 5) is 0. The molecule has 0 aliphatic carbocycles. The Morgan fingerprint density at radius 1 is 1.35 bits per heavy atom. The summed E-state index contributed by atoms with van der Waals surface area (Å²) in [7, 11) is -3.53. The molecule has 0 saturated carbocycles. The van der Waals surface area contributed by atoms with Crippen molar-refractivity contribution in [2.75, 3.05) is 23.5 Å². The molecule has 1 heterocycles. The van der Waals surface area contributed by atoms with Crippen molar-refractivity contribution in [2.45, 2.75) is 26.7 Å². The number of nitrogens with one attached hydrogen (secondary N) is 1. The minimum atomic E-state index is -3.53. The van der Waals surface area contributed by atoms with E-state index in [1.165, 1.54) is 4.31 Å². The van der Waals surface area contributed by atoms with Gasteiger partial charge in [0, 0.05) is 13.1 Å². The summed E-state index contributed by atoms with van der Waals surface area (Å²) in [6.07, 6.45) is 1.78. The number of benzene rings is 1. The molecule has 5 nitrogen and oxygen atoms in total. The quantitative estimate of drug-likeness (QED) is 0.841. The zero-order valence-corrected chi connectivity index (χ0v) is 13.3. The lowest BCUT2D eigenvalue weighted by Crippen LogP contribution is -2.41. The van der Waals surface area contributed by atoms with Crippen LogP contribution in [0.5, 0.6) is 0 Å². The Bertz CT molecular complexity index is 596. The average Bonchev–Trinajstić information content (AvgIpc) is 2.36. The van der Waals surface area contributed by atoms with Gasteiger partial charge in [-0.2, -0.15) is 12.7 Å². The van der Waals surface area contributed by atoms with E-state index < -0.39 is 10.2 Å². The number of hydrogen-bond donors (Lipinski definition) is 2. The fraction of sp³-hybridized carbons (Fsp3) is 0.538. The van der Waals surface area contributed by atoms with Crippen LogP contribution in [0.3, 0.4) is 0 Å². The van der Waals surface area contributed by atoms with Crippen molar-refractivity contribution in [2.24, 2.45) is 5.92 Å². The first kappa shape index (κ1) is 15.4. The number of nitrogen functional groups attached to an aromatic ring is 1. The van der Waals surface area contributed by atoms with Crippen molar-refractivity contribution >= 4 is 33.2 Å². The largest absolute Gasteiger partial charge is 0.398 e. The molecule has 0 atom stereocenters. The van der Waals surface area contributed by atoms with Gasteiger partial charge in [0.2, 0.25) is 0 Å². The normalized spacial score (nSPS) is 18.1. The third kappa shape index (κ3) is 3.37. The van der Waals surface area contributed by atoms with Gasteiger partial charge in [-0.15, -0.1) is 0 Å². The number of rotatable bonds is 3. The minimum Gasteiger partial charge on any atom is -0.398 e. The van der Waals surface area contributed by atoms with Crippen molar-refractivity contribution in [3.05, 3.63) is 22.7 Å². The lowest BCUT2D eigenvalue weighted by atomic mass is 10.0. The highest BCUT2D eigenvalue weighted by Gasteiger charge is 2.26. The van der Waals surface area contributed by atoms with Crippen LogP contribution in [0.15, 0.2) is 12.1 Å². The zero-order valence-electron chi connectivity index (χ0n) is 11.7. The van der Waals surface area contributed by atoms with Crippen LogP contribution in [0.2, 0.25) is 5.02 Å². The van der Waals surface area contributed by atoms with Crippen LogP contribution in [-0.4, -0.2) is 25.8 Å². The fourth-order valence-corrected chi connectivity index (χ4v) is 3.72. The van der Waals surface area contributed by atoms with Gasteiger partial charge in [-0.25, -0.2) is 0 Å². The maximum atomic E-state index is 12.4. The summed E-state index contributed by atoms with van der Waals surface area (Å²) >= 11 is 5.95. The minimum absolute atomic E-state index is 0.348. The van der Waals surface area contributed by atoms with Crippen LogP contribution in [0.4, 0.5) is 11.4 Å². The van der Waals surface area contributed by atoms with E-state index in [1.54, 1.807) is 19.1 Å². The summed E-state index contributed by atoms with van der Waals surface area (Å²) in [5.41, 5.74) is 7.36. The highest BCUT2D eigenvalue weighted by atomic mass is 35.5. The van der Waals surface area contributed by atoms with Crippen LogP contribution in [0, 0.1) is 12.8 Å². The Morgan fingerprint density at radius 2 is 1.95 bits per heavy atom. The number of nitrogens with two attached hydrogens (primary N) is 1. The predicted octanol–water partition coefficient (Wildman–Crippen LogP) is 2.62. The van der Waals surface area contributed by atoms with E-state index in [0.29, 0.717) is 35.4 Å². The molecule has 7 heteroatoms. The first-order valence-electron chi connectivity index (χ1n) is 6.63. The average molecular weight is 318 g/mol. The van der Waals surface area contributed by atoms with E-state index in [9.17, 15) is 8.42 Å². The summed E-state index contributed by atoms with van der Waals surface area (Å²) in [6, 6.07) is 3.22. The second-order valence-electron chi connectivity index (χ2n) is 5.38. The summed E-state index contributed by atoms with van der Waals surface area (Å²) in [5, 5.41) is 0.348. The highest BCUT2D eigenvalue weighted by molar-refractivity contribution is 7.90. The van der Waals surface area contributed by atoms with E-state index in [-0.39, 0.29) is 0 Å². The van der Waals surface area contributed by atoms with E-state index in [0.717, 1.165) is 18.4 Å². The first-order chi connectivity index (χ1) is 9.29. The number of nitrogens with zero attached hydrogens (tertiary/aromatic N) is 1. The van der Waals surface area contributed by atoms with Crippen molar-refractivity contribution in [3.63, 3.8) is 0 Å². The molecule has 1 aromatic rings. The van der Waals surface area contributed by atoms with Gasteiger partial charge in [-0.1, -0.05) is 18.5 Å². The van der Waals surface area contributed by atoms with E-state index in [1.807, 2.05) is 0 Å². The molecule has 1 saturated heterocycles. The monoisotopic (exact) mass is 317 g/mol. The second kappa shape index (κ2) is 5.79. The van der Waals surface area contributed by atoms with Crippen molar-refractivity contribution in [3.8, 4) is 0 Å². The van der Waals surface area contributed by atoms with Gasteiger partial charge in [0.15, 0.2) is 0 Å². The Morgan fingerprint density at radius 3 is 2.55 bits per heavy atom. The molecule has 2 rings (SSSR count). The Balaban J connectivity index is 2.18. The number of halogens is 1. The highest BCUT2D eigenvalue weighted by Crippen LogP contribution is 2.28. The van der Waals surface area contributed by atoms with Gasteiger partial charge in [-0.05, 0) is 43.4 Å². The molecule has 0 aromatic heterocycles. The Kier molecular flexibility index (Phi) is 4.46. The third-order valence-electron chi connectivity index (χ3n) is 3.67. The van der Waals surface area contributed by atoms with Gasteiger partial charge in [0.25, 0.3) is 0 Å². The number of anilines is 2. The van der Waals surface area contributed by atoms with Gasteiger partial charge in [0.05, 0.1) is 16.4 Å². The number of hydrogen-bond acceptors (Lipinski definition) is 3. The van der Waals surface area contributed by atoms with Gasteiger partial charge < -0.3 is 5.73 Å². The molecule has 1 aliphatic rings. The molecule has 0 unspecified atom stereocenters. The molecular formula is C13H20ClN3O2S. The fourth-order valence-electron chi connectivity index (χ4n) is 2.24. The molecule has 1 fully saturated rings. The summed E-state index contributed by atoms with van der Waals surface area (Å²) in [6.45, 7) is 5.04. The summed E-state index contributed by atoms with van der Waals surface area (Å²) < 4.78 is 28.8. The van der Waals surface area contributed by atoms with Crippen molar-refractivity contribution in [1.82, 2.24) is 4.31 Å². The molecule has 0 amide bonds. The van der Waals surface area contributed by atoms with Crippen LogP contribution in [-0.2, 0) is 10.2 Å². The van der Waals surface area contributed by atoms with Crippen LogP contribution >= 0.6 is 11.6 Å². The Labute approximate surface area is 125 Å². The van der Waals surface area contributed by atoms with Gasteiger partial charge >= 0.3 is 10.2 Å². The van der Waals surface area contributed by atoms with Crippen LogP contribution < -0.4 is 10.5 Å². The standard InChI is InChI=1S/C13H20ClN3O2S/c1-9-3-5-17(6-4-9)20(18,19)16-13-8-11(14)12(15)7-10(13)2/h7-9,16H,3-6,15H2,1-2H3.